The fourth-order valence-electron chi connectivity index (χ4n) is 2.48. The summed E-state index contributed by atoms with van der Waals surface area (Å²) in [5, 5.41) is 0. The van der Waals surface area contributed by atoms with Crippen LogP contribution in [0.25, 0.3) is 0 Å². The molecule has 2 heterocycles. The van der Waals surface area contributed by atoms with Crippen LogP contribution in [-0.4, -0.2) is 21.0 Å². The van der Waals surface area contributed by atoms with Crippen molar-refractivity contribution < 1.29 is 4.74 Å². The predicted molar refractivity (Wildman–Crippen MR) is 65.4 cm³/mol. The SMILES string of the molecule is CO[C@H]1C2=CC=CC=C[C@H]2n2c(=O)n(C)c(=O)n21. The molecule has 0 radical (unpaired) electrons. The molecule has 1 aliphatic heterocycles. The molecule has 0 spiro atoms. The summed E-state index contributed by atoms with van der Waals surface area (Å²) in [7, 11) is 3.00. The zero-order valence-corrected chi connectivity index (χ0v) is 10.1. The Hall–Kier alpha value is -2.08. The minimum Gasteiger partial charge on any atom is -0.355 e. The summed E-state index contributed by atoms with van der Waals surface area (Å²) < 4.78 is 9.26. The van der Waals surface area contributed by atoms with Crippen molar-refractivity contribution in [1.29, 1.82) is 0 Å². The van der Waals surface area contributed by atoms with Gasteiger partial charge in [-0.1, -0.05) is 30.4 Å². The maximum Gasteiger partial charge on any atom is 0.349 e. The van der Waals surface area contributed by atoms with Crippen molar-refractivity contribution in [2.75, 3.05) is 7.11 Å². The molecule has 0 fully saturated rings. The normalized spacial score (nSPS) is 24.7. The Kier molecular flexibility index (Phi) is 2.27. The third-order valence-electron chi connectivity index (χ3n) is 3.34. The first kappa shape index (κ1) is 11.0. The summed E-state index contributed by atoms with van der Waals surface area (Å²) in [6.07, 6.45) is 8.86. The Morgan fingerprint density at radius 2 is 1.83 bits per heavy atom. The molecule has 6 nitrogen and oxygen atoms in total. The lowest BCUT2D eigenvalue weighted by molar-refractivity contribution is 0.0706. The first-order chi connectivity index (χ1) is 8.66. The predicted octanol–water partition coefficient (Wildman–Crippen LogP) is 0.101. The molecule has 3 rings (SSSR count). The lowest BCUT2D eigenvalue weighted by Crippen LogP contribution is -2.29. The van der Waals surface area contributed by atoms with Gasteiger partial charge in [-0.25, -0.2) is 18.8 Å². The van der Waals surface area contributed by atoms with E-state index in [-0.39, 0.29) is 17.4 Å². The molecule has 0 unspecified atom stereocenters. The summed E-state index contributed by atoms with van der Waals surface area (Å²) in [5.74, 6) is 0. The summed E-state index contributed by atoms with van der Waals surface area (Å²) in [4.78, 5) is 24.1. The molecular formula is C12H13N3O3. The van der Waals surface area contributed by atoms with Crippen molar-refractivity contribution in [3.8, 4) is 0 Å². The second kappa shape index (κ2) is 3.71. The largest absolute Gasteiger partial charge is 0.355 e. The van der Waals surface area contributed by atoms with E-state index >= 15 is 0 Å². The highest BCUT2D eigenvalue weighted by Gasteiger charge is 2.38. The number of aromatic nitrogens is 3. The van der Waals surface area contributed by atoms with E-state index < -0.39 is 6.23 Å². The van der Waals surface area contributed by atoms with Gasteiger partial charge in [0.15, 0.2) is 6.23 Å². The molecular weight excluding hydrogens is 234 g/mol. The highest BCUT2D eigenvalue weighted by atomic mass is 16.5. The van der Waals surface area contributed by atoms with Crippen LogP contribution in [0.2, 0.25) is 0 Å². The number of nitrogens with zero attached hydrogens (tertiary/aromatic N) is 3. The van der Waals surface area contributed by atoms with Gasteiger partial charge in [0.05, 0.1) is 6.04 Å². The van der Waals surface area contributed by atoms with E-state index in [2.05, 4.69) is 0 Å². The summed E-state index contributed by atoms with van der Waals surface area (Å²) in [6, 6.07) is -0.258. The number of allylic oxidation sites excluding steroid dienone is 5. The second-order valence-corrected chi connectivity index (χ2v) is 4.28. The summed E-state index contributed by atoms with van der Waals surface area (Å²) >= 11 is 0. The number of hydrogen-bond donors (Lipinski definition) is 0. The zero-order chi connectivity index (χ0) is 12.9. The molecule has 0 saturated carbocycles. The molecule has 1 aliphatic carbocycles. The molecule has 0 amide bonds. The van der Waals surface area contributed by atoms with Crippen LogP contribution >= 0.6 is 0 Å². The molecule has 0 N–H and O–H groups in total. The van der Waals surface area contributed by atoms with Crippen LogP contribution in [0.4, 0.5) is 0 Å². The molecule has 2 aliphatic rings. The fourth-order valence-corrected chi connectivity index (χ4v) is 2.48. The first-order valence-electron chi connectivity index (χ1n) is 5.64. The molecule has 18 heavy (non-hydrogen) atoms. The number of ether oxygens (including phenoxy) is 1. The summed E-state index contributed by atoms with van der Waals surface area (Å²) in [6.45, 7) is 0. The average molecular weight is 247 g/mol. The van der Waals surface area contributed by atoms with E-state index in [1.807, 2.05) is 30.4 Å². The van der Waals surface area contributed by atoms with E-state index in [0.29, 0.717) is 0 Å². The highest BCUT2D eigenvalue weighted by Crippen LogP contribution is 2.35. The van der Waals surface area contributed by atoms with Crippen molar-refractivity contribution in [2.24, 2.45) is 7.05 Å². The Bertz CT molecular complexity index is 699. The van der Waals surface area contributed by atoms with Crippen LogP contribution < -0.4 is 11.4 Å². The van der Waals surface area contributed by atoms with Crippen molar-refractivity contribution in [2.45, 2.75) is 12.3 Å². The standard InChI is InChI=1S/C12H13N3O3/c1-13-11(16)14-9-7-5-3-4-6-8(9)10(18-2)15(14)12(13)17/h3-7,9-10H,1-2H3/t9-,10+/m1/s1. The molecule has 0 saturated heterocycles. The maximum atomic E-state index is 12.1. The topological polar surface area (TPSA) is 58.2 Å². The highest BCUT2D eigenvalue weighted by molar-refractivity contribution is 5.32. The quantitative estimate of drug-likeness (QED) is 0.707. The van der Waals surface area contributed by atoms with Crippen LogP contribution in [-0.2, 0) is 11.8 Å². The molecule has 6 heteroatoms. The lowest BCUT2D eigenvalue weighted by atomic mass is 10.1. The minimum absolute atomic E-state index is 0.258. The Balaban J connectivity index is 2.35. The third kappa shape index (κ3) is 1.20. The van der Waals surface area contributed by atoms with E-state index in [4.69, 9.17) is 4.74 Å². The van der Waals surface area contributed by atoms with Crippen molar-refractivity contribution in [1.82, 2.24) is 13.9 Å². The maximum absolute atomic E-state index is 12.1. The van der Waals surface area contributed by atoms with Crippen LogP contribution in [0, 0.1) is 0 Å². The minimum atomic E-state index is -0.524. The summed E-state index contributed by atoms with van der Waals surface area (Å²) in [5.41, 5.74) is 0.192. The molecule has 1 aromatic rings. The number of methoxy groups -OCH3 is 1. The molecule has 1 aromatic heterocycles. The zero-order valence-electron chi connectivity index (χ0n) is 10.1. The third-order valence-corrected chi connectivity index (χ3v) is 3.34. The van der Waals surface area contributed by atoms with Crippen molar-refractivity contribution >= 4 is 0 Å². The van der Waals surface area contributed by atoms with Gasteiger partial charge >= 0.3 is 11.4 Å². The van der Waals surface area contributed by atoms with Crippen LogP contribution in [0.5, 0.6) is 0 Å². The van der Waals surface area contributed by atoms with Gasteiger partial charge in [-0.2, -0.15) is 4.68 Å². The smallest absolute Gasteiger partial charge is 0.349 e. The number of fused-ring (bicyclic) bond motifs is 3. The van der Waals surface area contributed by atoms with E-state index in [9.17, 15) is 9.59 Å². The lowest BCUT2D eigenvalue weighted by Gasteiger charge is -2.11. The Morgan fingerprint density at radius 3 is 2.56 bits per heavy atom. The molecule has 94 valence electrons. The Labute approximate surface area is 103 Å². The van der Waals surface area contributed by atoms with Crippen LogP contribution in [0.3, 0.4) is 0 Å². The molecule has 0 bridgehead atoms. The van der Waals surface area contributed by atoms with Crippen LogP contribution in [0.1, 0.15) is 12.3 Å². The van der Waals surface area contributed by atoms with Gasteiger partial charge in [0, 0.05) is 19.7 Å². The van der Waals surface area contributed by atoms with Gasteiger partial charge in [0.25, 0.3) is 0 Å². The number of rotatable bonds is 1. The number of hydrogen-bond acceptors (Lipinski definition) is 3. The van der Waals surface area contributed by atoms with Gasteiger partial charge in [-0.15, -0.1) is 0 Å². The fraction of sp³-hybridized carbons (Fsp3) is 0.333. The van der Waals surface area contributed by atoms with Gasteiger partial charge in [0.1, 0.15) is 0 Å². The van der Waals surface area contributed by atoms with Gasteiger partial charge in [0.2, 0.25) is 0 Å². The van der Waals surface area contributed by atoms with Crippen molar-refractivity contribution in [3.63, 3.8) is 0 Å². The first-order valence-corrected chi connectivity index (χ1v) is 5.64. The van der Waals surface area contributed by atoms with Gasteiger partial charge in [-0.3, -0.25) is 0 Å². The van der Waals surface area contributed by atoms with E-state index in [1.165, 1.54) is 23.5 Å². The second-order valence-electron chi connectivity index (χ2n) is 4.28. The molecule has 0 aromatic carbocycles. The Morgan fingerprint density at radius 1 is 1.11 bits per heavy atom. The van der Waals surface area contributed by atoms with E-state index in [0.717, 1.165) is 10.1 Å². The van der Waals surface area contributed by atoms with Gasteiger partial charge < -0.3 is 4.74 Å². The van der Waals surface area contributed by atoms with Crippen LogP contribution in [0.15, 0.2) is 45.5 Å². The average Bonchev–Trinajstić information content (AvgIpc) is 2.66. The van der Waals surface area contributed by atoms with Crippen molar-refractivity contribution in [3.05, 3.63) is 56.9 Å². The molecule has 2 atom stereocenters. The van der Waals surface area contributed by atoms with E-state index in [1.54, 1.807) is 0 Å². The monoisotopic (exact) mass is 247 g/mol. The van der Waals surface area contributed by atoms with Gasteiger partial charge in [-0.05, 0) is 0 Å².